The average Bonchev–Trinajstić information content (AvgIpc) is 2.49. The van der Waals surface area contributed by atoms with Crippen molar-refractivity contribution in [1.29, 1.82) is 0 Å². The summed E-state index contributed by atoms with van der Waals surface area (Å²) in [5.74, 6) is -0.672. The summed E-state index contributed by atoms with van der Waals surface area (Å²) in [6.45, 7) is 4.63. The van der Waals surface area contributed by atoms with Gasteiger partial charge < -0.3 is 15.2 Å². The zero-order valence-corrected chi connectivity index (χ0v) is 12.6. The normalized spacial score (nSPS) is 11.7. The number of nitrogens with one attached hydrogen (secondary N) is 1. The van der Waals surface area contributed by atoms with Crippen LogP contribution in [0.3, 0.4) is 0 Å². The fourth-order valence-electron chi connectivity index (χ4n) is 1.83. The molecule has 0 radical (unpaired) electrons. The minimum Gasteiger partial charge on any atom is -0.494 e. The van der Waals surface area contributed by atoms with E-state index in [2.05, 4.69) is 5.32 Å². The molecule has 0 unspecified atom stereocenters. The van der Waals surface area contributed by atoms with Gasteiger partial charge in [0.25, 0.3) is 5.91 Å². The van der Waals surface area contributed by atoms with Crippen LogP contribution in [0.5, 0.6) is 5.75 Å². The van der Waals surface area contributed by atoms with Gasteiger partial charge >= 0.3 is 5.97 Å². The van der Waals surface area contributed by atoms with Crippen molar-refractivity contribution in [3.8, 4) is 5.75 Å². The quantitative estimate of drug-likeness (QED) is 0.734. The minimum absolute atomic E-state index is 0.374. The number of carbonyl (C=O) groups excluding carboxylic acids is 1. The van der Waals surface area contributed by atoms with Gasteiger partial charge in [0.1, 0.15) is 11.8 Å². The lowest BCUT2D eigenvalue weighted by Crippen LogP contribution is -2.40. The lowest BCUT2D eigenvalue weighted by Gasteiger charge is -2.14. The summed E-state index contributed by atoms with van der Waals surface area (Å²) in [7, 11) is 0. The highest BCUT2D eigenvalue weighted by molar-refractivity contribution is 5.96. The molecule has 0 heterocycles. The van der Waals surface area contributed by atoms with Crippen LogP contribution >= 0.6 is 0 Å². The summed E-state index contributed by atoms with van der Waals surface area (Å²) in [4.78, 5) is 23.1. The molecule has 116 valence electrons. The molecule has 5 heteroatoms. The molecule has 0 saturated heterocycles. The van der Waals surface area contributed by atoms with Crippen molar-refractivity contribution < 1.29 is 19.4 Å². The Balaban J connectivity index is 2.62. The topological polar surface area (TPSA) is 75.6 Å². The number of ether oxygens (including phenoxy) is 1. The Bertz CT molecular complexity index is 456. The molecule has 0 aliphatic heterocycles. The number of hydrogen-bond acceptors (Lipinski definition) is 3. The number of amides is 1. The summed E-state index contributed by atoms with van der Waals surface area (Å²) < 4.78 is 5.44. The van der Waals surface area contributed by atoms with Gasteiger partial charge in [-0.1, -0.05) is 26.7 Å². The molecular formula is C16H23NO4. The Morgan fingerprint density at radius 3 is 2.38 bits per heavy atom. The van der Waals surface area contributed by atoms with E-state index >= 15 is 0 Å². The third-order valence-electron chi connectivity index (χ3n) is 3.04. The van der Waals surface area contributed by atoms with Crippen LogP contribution in [-0.4, -0.2) is 29.6 Å². The number of aliphatic carboxylic acids is 1. The molecule has 1 atom stereocenters. The standard InChI is InChI=1S/C16H23NO4/c1-3-5-6-14(16(19)20)17-15(18)12-7-9-13(10-8-12)21-11-4-2/h7-10,14H,3-6,11H2,1-2H3,(H,17,18)(H,19,20)/t14-/m0/s1. The predicted octanol–water partition coefficient (Wildman–Crippen LogP) is 2.85. The Morgan fingerprint density at radius 2 is 1.86 bits per heavy atom. The number of rotatable bonds is 9. The predicted molar refractivity (Wildman–Crippen MR) is 80.6 cm³/mol. The van der Waals surface area contributed by atoms with Gasteiger partial charge in [0.15, 0.2) is 0 Å². The Morgan fingerprint density at radius 1 is 1.19 bits per heavy atom. The largest absolute Gasteiger partial charge is 0.494 e. The third kappa shape index (κ3) is 5.85. The number of unbranched alkanes of at least 4 members (excludes halogenated alkanes) is 1. The highest BCUT2D eigenvalue weighted by Crippen LogP contribution is 2.13. The van der Waals surface area contributed by atoms with Crippen molar-refractivity contribution >= 4 is 11.9 Å². The third-order valence-corrected chi connectivity index (χ3v) is 3.04. The van der Waals surface area contributed by atoms with Crippen LogP contribution in [0, 0.1) is 0 Å². The first-order chi connectivity index (χ1) is 10.1. The van der Waals surface area contributed by atoms with E-state index in [1.54, 1.807) is 24.3 Å². The molecule has 0 bridgehead atoms. The molecular weight excluding hydrogens is 270 g/mol. The maximum atomic E-state index is 12.0. The molecule has 0 aliphatic rings. The van der Waals surface area contributed by atoms with E-state index in [9.17, 15) is 9.59 Å². The van der Waals surface area contributed by atoms with Crippen molar-refractivity contribution in [3.63, 3.8) is 0 Å². The molecule has 1 amide bonds. The first-order valence-corrected chi connectivity index (χ1v) is 7.35. The van der Waals surface area contributed by atoms with Gasteiger partial charge in [0.05, 0.1) is 6.61 Å². The highest BCUT2D eigenvalue weighted by Gasteiger charge is 2.19. The zero-order valence-electron chi connectivity index (χ0n) is 12.6. The van der Waals surface area contributed by atoms with E-state index in [1.807, 2.05) is 13.8 Å². The maximum absolute atomic E-state index is 12.0. The molecule has 2 N–H and O–H groups in total. The van der Waals surface area contributed by atoms with E-state index in [0.717, 1.165) is 19.3 Å². The summed E-state index contributed by atoms with van der Waals surface area (Å²) in [5, 5.41) is 11.7. The second-order valence-electron chi connectivity index (χ2n) is 4.88. The fourth-order valence-corrected chi connectivity index (χ4v) is 1.83. The van der Waals surface area contributed by atoms with Crippen LogP contribution in [0.2, 0.25) is 0 Å². The first kappa shape index (κ1) is 17.0. The molecule has 0 spiro atoms. The summed E-state index contributed by atoms with van der Waals surface area (Å²) in [6.07, 6.45) is 3.01. The van der Waals surface area contributed by atoms with E-state index in [0.29, 0.717) is 24.3 Å². The van der Waals surface area contributed by atoms with Crippen LogP contribution in [0.25, 0.3) is 0 Å². The van der Waals surface area contributed by atoms with Gasteiger partial charge in [0.2, 0.25) is 0 Å². The second kappa shape index (κ2) is 9.00. The van der Waals surface area contributed by atoms with Gasteiger partial charge in [0, 0.05) is 5.56 Å². The molecule has 0 aliphatic carbocycles. The lowest BCUT2D eigenvalue weighted by molar-refractivity contribution is -0.139. The van der Waals surface area contributed by atoms with Crippen molar-refractivity contribution in [2.75, 3.05) is 6.61 Å². The Hall–Kier alpha value is -2.04. The van der Waals surface area contributed by atoms with Gasteiger partial charge in [-0.15, -0.1) is 0 Å². The van der Waals surface area contributed by atoms with Gasteiger partial charge in [-0.3, -0.25) is 4.79 Å². The molecule has 5 nitrogen and oxygen atoms in total. The van der Waals surface area contributed by atoms with Crippen LogP contribution in [0.15, 0.2) is 24.3 Å². The zero-order chi connectivity index (χ0) is 15.7. The molecule has 1 rings (SSSR count). The van der Waals surface area contributed by atoms with Crippen molar-refractivity contribution in [2.45, 2.75) is 45.6 Å². The number of benzene rings is 1. The van der Waals surface area contributed by atoms with Crippen LogP contribution < -0.4 is 10.1 Å². The van der Waals surface area contributed by atoms with Crippen LogP contribution in [0.4, 0.5) is 0 Å². The van der Waals surface area contributed by atoms with Crippen LogP contribution in [0.1, 0.15) is 49.9 Å². The Labute approximate surface area is 125 Å². The number of carbonyl (C=O) groups is 2. The van der Waals surface area contributed by atoms with Gasteiger partial charge in [-0.25, -0.2) is 4.79 Å². The lowest BCUT2D eigenvalue weighted by atomic mass is 10.1. The van der Waals surface area contributed by atoms with E-state index in [4.69, 9.17) is 9.84 Å². The van der Waals surface area contributed by atoms with Gasteiger partial charge in [-0.2, -0.15) is 0 Å². The van der Waals surface area contributed by atoms with Crippen molar-refractivity contribution in [3.05, 3.63) is 29.8 Å². The highest BCUT2D eigenvalue weighted by atomic mass is 16.5. The molecule has 21 heavy (non-hydrogen) atoms. The number of carboxylic acid groups (broad SMARTS) is 1. The summed E-state index contributed by atoms with van der Waals surface area (Å²) >= 11 is 0. The number of carboxylic acids is 1. The first-order valence-electron chi connectivity index (χ1n) is 7.35. The number of hydrogen-bond donors (Lipinski definition) is 2. The van der Waals surface area contributed by atoms with Gasteiger partial charge in [-0.05, 0) is 37.1 Å². The second-order valence-corrected chi connectivity index (χ2v) is 4.88. The summed E-state index contributed by atoms with van der Waals surface area (Å²) in [6, 6.07) is 5.87. The summed E-state index contributed by atoms with van der Waals surface area (Å²) in [5.41, 5.74) is 0.432. The fraction of sp³-hybridized carbons (Fsp3) is 0.500. The maximum Gasteiger partial charge on any atom is 0.326 e. The van der Waals surface area contributed by atoms with E-state index in [1.165, 1.54) is 0 Å². The molecule has 0 fully saturated rings. The molecule has 0 aromatic heterocycles. The molecule has 1 aromatic rings. The smallest absolute Gasteiger partial charge is 0.326 e. The van der Waals surface area contributed by atoms with Crippen LogP contribution in [-0.2, 0) is 4.79 Å². The van der Waals surface area contributed by atoms with E-state index in [-0.39, 0.29) is 5.91 Å². The van der Waals surface area contributed by atoms with E-state index < -0.39 is 12.0 Å². The molecule has 0 saturated carbocycles. The minimum atomic E-state index is -1.00. The van der Waals surface area contributed by atoms with Crippen molar-refractivity contribution in [1.82, 2.24) is 5.32 Å². The molecule has 1 aromatic carbocycles. The monoisotopic (exact) mass is 293 g/mol. The Kier molecular flexibility index (Phi) is 7.29. The van der Waals surface area contributed by atoms with Crippen molar-refractivity contribution in [2.24, 2.45) is 0 Å². The SMILES string of the molecule is CCCC[C@H](NC(=O)c1ccc(OCCC)cc1)C(=O)O. The average molecular weight is 293 g/mol.